The Kier molecular flexibility index (Phi) is 44.8. The van der Waals surface area contributed by atoms with Crippen LogP contribution in [-0.4, -0.2) is 183 Å². The lowest BCUT2D eigenvalue weighted by molar-refractivity contribution is -0.384. The van der Waals surface area contributed by atoms with Crippen LogP contribution in [-0.2, 0) is 45.7 Å². The molecule has 678 valence electrons. The molecule has 0 radical (unpaired) electrons. The van der Waals surface area contributed by atoms with E-state index in [-0.39, 0.29) is 34.4 Å². The molecule has 0 spiro atoms. The van der Waals surface area contributed by atoms with Gasteiger partial charge < -0.3 is 34.1 Å². The maximum Gasteiger partial charge on any atom is 0.270 e. The number of hydrogen-bond acceptors (Lipinski definition) is 16. The molecule has 126 heavy (non-hydrogen) atoms. The predicted molar refractivity (Wildman–Crippen MR) is 511 cm³/mol. The summed E-state index contributed by atoms with van der Waals surface area (Å²) >= 11 is 0. The normalized spacial score (nSPS) is 11.2. The van der Waals surface area contributed by atoms with Gasteiger partial charge in [-0.15, -0.1) is 0 Å². The molecule has 0 aliphatic heterocycles. The fraction of sp³-hybridized carbons (Fsp3) is 0.455. The van der Waals surface area contributed by atoms with Crippen LogP contribution in [0.3, 0.4) is 0 Å². The molecule has 12 aromatic rings. The minimum atomic E-state index is -0.382. The van der Waals surface area contributed by atoms with Gasteiger partial charge in [0.25, 0.3) is 5.69 Å². The van der Waals surface area contributed by atoms with Crippen molar-refractivity contribution in [1.29, 1.82) is 5.26 Å². The van der Waals surface area contributed by atoms with Gasteiger partial charge in [-0.2, -0.15) is 35.9 Å². The summed E-state index contributed by atoms with van der Waals surface area (Å²) in [5.41, 5.74) is 22.4. The average Bonchev–Trinajstić information content (AvgIpc) is 1.65. The number of rotatable bonds is 42. The van der Waals surface area contributed by atoms with Crippen molar-refractivity contribution in [3.05, 3.63) is 249 Å². The molecule has 6 heterocycles. The van der Waals surface area contributed by atoms with Crippen LogP contribution in [0.15, 0.2) is 177 Å². The monoisotopic (exact) mass is 1720 g/mol. The molecule has 0 aliphatic rings. The molecule has 0 fully saturated rings. The number of aryl methyl sites for hydroxylation is 2. The van der Waals surface area contributed by atoms with E-state index in [2.05, 4.69) is 233 Å². The second-order valence-electron chi connectivity index (χ2n) is 33.6. The summed E-state index contributed by atoms with van der Waals surface area (Å²) in [4.78, 5) is 24.3. The summed E-state index contributed by atoms with van der Waals surface area (Å²) in [5.74, 6) is 0.487. The fourth-order valence-electron chi connectivity index (χ4n) is 14.5. The zero-order valence-corrected chi connectivity index (χ0v) is 78.5. The molecule has 0 saturated heterocycles. The minimum Gasteiger partial charge on any atom is -0.491 e. The zero-order chi connectivity index (χ0) is 91.3. The number of nitrogens with one attached hydrogen (secondary N) is 5. The van der Waals surface area contributed by atoms with Gasteiger partial charge in [-0.05, 0) is 262 Å². The third-order valence-corrected chi connectivity index (χ3v) is 21.3. The highest BCUT2D eigenvalue weighted by Gasteiger charge is 2.20. The van der Waals surface area contributed by atoms with E-state index in [1.807, 2.05) is 117 Å². The number of nitrogens with zero attached hydrogens (tertiary/aromatic N) is 15. The fourth-order valence-corrected chi connectivity index (χ4v) is 14.5. The Bertz CT molecular complexity index is 5040. The maximum atomic E-state index is 13.5. The third kappa shape index (κ3) is 34.3. The first kappa shape index (κ1) is 102. The van der Waals surface area contributed by atoms with Gasteiger partial charge in [0, 0.05) is 113 Å². The van der Waals surface area contributed by atoms with Crippen molar-refractivity contribution >= 4 is 5.69 Å². The second kappa shape index (κ2) is 55.4. The van der Waals surface area contributed by atoms with E-state index >= 15 is 0 Å². The summed E-state index contributed by atoms with van der Waals surface area (Å²) in [6.07, 6.45) is 28.3. The molecular formula is C101H142F2N20O3. The molecule has 5 N–H and O–H groups in total. The Hall–Kier alpha value is -11.1. The van der Waals surface area contributed by atoms with E-state index < -0.39 is 0 Å². The highest BCUT2D eigenvalue weighted by molar-refractivity contribution is 5.68. The quantitative estimate of drug-likeness (QED) is 0.0176. The Morgan fingerprint density at radius 3 is 1.13 bits per heavy atom. The molecule has 6 aromatic carbocycles. The molecule has 23 nitrogen and oxygen atoms in total. The molecular weight excluding hydrogens is 1580 g/mol. The van der Waals surface area contributed by atoms with Crippen LogP contribution in [0.2, 0.25) is 0 Å². The van der Waals surface area contributed by atoms with Gasteiger partial charge in [0.2, 0.25) is 0 Å². The number of unbranched alkanes of at least 4 members (excludes halogenated alkanes) is 6. The number of nitro groups is 1. The van der Waals surface area contributed by atoms with Crippen LogP contribution in [0.4, 0.5) is 14.5 Å². The van der Waals surface area contributed by atoms with E-state index in [9.17, 15) is 18.9 Å². The van der Waals surface area contributed by atoms with Gasteiger partial charge >= 0.3 is 0 Å². The second-order valence-corrected chi connectivity index (χ2v) is 33.6. The maximum absolute atomic E-state index is 13.5. The van der Waals surface area contributed by atoms with E-state index in [4.69, 9.17) is 10.00 Å². The summed E-state index contributed by atoms with van der Waals surface area (Å²) in [6.45, 7) is 37.3. The highest BCUT2D eigenvalue weighted by atomic mass is 19.1. The van der Waals surface area contributed by atoms with Crippen LogP contribution in [0.1, 0.15) is 216 Å². The van der Waals surface area contributed by atoms with Crippen LogP contribution >= 0.6 is 0 Å². The van der Waals surface area contributed by atoms with Crippen molar-refractivity contribution in [2.45, 2.75) is 224 Å². The molecule has 0 atom stereocenters. The molecule has 0 amide bonds. The first-order valence-corrected chi connectivity index (χ1v) is 45.3. The molecule has 0 bridgehead atoms. The molecule has 0 unspecified atom stereocenters. The number of nitriles is 1. The van der Waals surface area contributed by atoms with Crippen LogP contribution < -0.4 is 4.74 Å². The molecule has 0 saturated carbocycles. The molecule has 6 aromatic heterocycles. The van der Waals surface area contributed by atoms with Gasteiger partial charge in [-0.3, -0.25) is 40.3 Å². The molecule has 12 rings (SSSR count). The summed E-state index contributed by atoms with van der Waals surface area (Å²) < 4.78 is 34.5. The van der Waals surface area contributed by atoms with Crippen molar-refractivity contribution < 1.29 is 18.4 Å². The number of halogens is 2. The van der Waals surface area contributed by atoms with E-state index in [0.29, 0.717) is 5.56 Å². The van der Waals surface area contributed by atoms with Crippen LogP contribution in [0.25, 0.3) is 67.5 Å². The third-order valence-electron chi connectivity index (χ3n) is 21.3. The van der Waals surface area contributed by atoms with Gasteiger partial charge in [-0.25, -0.2) is 8.78 Å². The summed E-state index contributed by atoms with van der Waals surface area (Å²) in [7, 11) is 12.8. The highest BCUT2D eigenvalue weighted by Crippen LogP contribution is 2.32. The number of aromatic amines is 5. The van der Waals surface area contributed by atoms with Crippen molar-refractivity contribution in [3.8, 4) is 79.4 Å². The summed E-state index contributed by atoms with van der Waals surface area (Å²) in [6, 6.07) is 45.4. The predicted octanol–water partition coefficient (Wildman–Crippen LogP) is 23.0. The largest absolute Gasteiger partial charge is 0.491 e. The molecule has 0 aliphatic carbocycles. The van der Waals surface area contributed by atoms with Gasteiger partial charge in [0.1, 0.15) is 17.4 Å². The van der Waals surface area contributed by atoms with Crippen LogP contribution in [0, 0.1) is 40.0 Å². The minimum absolute atomic E-state index is 0.0902. The SMILES string of the molecule is CCCCN(C)Cc1cn[nH]c1-c1cc(C)cc(F)c1.CCCCN(C)Cc1cn[nH]c1-c1ccc(C#N)cc1.CCCCN(C)Cc1cn[nH]c1-c1ccc(CCC)cc1.CCCCN(C)Cc1cn[nH]c1-c1ccc(OC(C)C)cc1.CCCCN(C)Cc1cn[nH]c1-c1cccc([N+](=O)[O-])c1.CCCCN(C)Cc1cnn(C(C)C)c1-c1ccc(F)cc1. The smallest absolute Gasteiger partial charge is 0.270 e. The Balaban J connectivity index is 0.000000208. The van der Waals surface area contributed by atoms with Gasteiger partial charge in [-0.1, -0.05) is 142 Å². The van der Waals surface area contributed by atoms with E-state index in [0.717, 1.165) is 182 Å². The number of nitro benzene ring substituents is 1. The van der Waals surface area contributed by atoms with Crippen LogP contribution in [0.5, 0.6) is 5.75 Å². The van der Waals surface area contributed by atoms with Crippen molar-refractivity contribution in [1.82, 2.24) is 90.2 Å². The Morgan fingerprint density at radius 2 is 0.778 bits per heavy atom. The lowest BCUT2D eigenvalue weighted by Gasteiger charge is -2.18. The number of hydrogen-bond donors (Lipinski definition) is 5. The standard InChI is InChI=1S/C18H26FN3.C18H27N3O.C18H27N3.C16H22FN3.C16H20N4.C15H20N4O2/c1-5-6-11-21(4)13-16-12-20-22(14(2)3)18(16)15-7-9-17(19)10-8-15;1-5-6-11-21(4)13-16-12-19-20-18(16)15-7-9-17(10-8-15)22-14(2)3;1-4-6-12-21(3)14-17-13-19-20-18(17)16-10-8-15(7-5-2)9-11-16;1-4-5-6-20(3)11-14-10-18-19-16(14)13-7-12(2)8-15(17)9-13;1-3-4-9-20(2)12-15-11-18-19-16(15)14-7-5-13(10-17)6-8-14;1-3-4-8-18(2)11-13-10-16-17-15(13)12-6-5-7-14(9-12)19(20)21/h7-10,12,14H,5-6,11,13H2,1-4H3;7-10,12,14H,5-6,11,13H2,1-4H3,(H,19,20);8-11,13H,4-7,12,14H2,1-3H3,(H,19,20);7-10H,4-6,11H2,1-3H3,(H,18,19);5-8,11H,3-4,9,12H2,1-2H3,(H,18,19);5-7,9-10H,3-4,8,11H2,1-2H3,(H,16,17). The van der Waals surface area contributed by atoms with Crippen molar-refractivity contribution in [2.75, 3.05) is 81.6 Å². The first-order valence-electron chi connectivity index (χ1n) is 45.3. The van der Waals surface area contributed by atoms with E-state index in [1.165, 1.54) is 128 Å². The van der Waals surface area contributed by atoms with Crippen molar-refractivity contribution in [2.24, 2.45) is 0 Å². The van der Waals surface area contributed by atoms with Gasteiger partial charge in [0.15, 0.2) is 0 Å². The number of benzene rings is 6. The number of aromatic nitrogens is 12. The van der Waals surface area contributed by atoms with E-state index in [1.54, 1.807) is 24.4 Å². The first-order chi connectivity index (χ1) is 60.8. The number of H-pyrrole nitrogens is 5. The van der Waals surface area contributed by atoms with Gasteiger partial charge in [0.05, 0.1) is 94.0 Å². The average molecular weight is 1720 g/mol. The topological polar surface area (TPSA) is 257 Å². The number of non-ortho nitro benzene ring substituents is 1. The molecule has 25 heteroatoms. The lowest BCUT2D eigenvalue weighted by atomic mass is 10.0. The Labute approximate surface area is 749 Å². The summed E-state index contributed by atoms with van der Waals surface area (Å²) in [5, 5.41) is 60.4. The Morgan fingerprint density at radius 1 is 0.421 bits per heavy atom. The lowest BCUT2D eigenvalue weighted by Crippen LogP contribution is -2.19. The number of ether oxygens (including phenoxy) is 1. The zero-order valence-electron chi connectivity index (χ0n) is 78.5. The van der Waals surface area contributed by atoms with Crippen molar-refractivity contribution in [3.63, 3.8) is 0 Å².